The molecule has 0 amide bonds. The molecule has 1 heterocycles. The number of benzene rings is 1. The zero-order valence-corrected chi connectivity index (χ0v) is 15.1. The average Bonchev–Trinajstić information content (AvgIpc) is 2.99. The van der Waals surface area contributed by atoms with Crippen molar-refractivity contribution in [3.63, 3.8) is 0 Å². The smallest absolute Gasteiger partial charge is 0.328 e. The van der Waals surface area contributed by atoms with Crippen molar-refractivity contribution in [2.75, 3.05) is 11.9 Å². The Hall–Kier alpha value is -2.46. The summed E-state index contributed by atoms with van der Waals surface area (Å²) in [6.07, 6.45) is 2.24. The van der Waals surface area contributed by atoms with Gasteiger partial charge in [-0.15, -0.1) is 10.2 Å². The molecule has 0 saturated heterocycles. The van der Waals surface area contributed by atoms with E-state index in [1.165, 1.54) is 23.5 Å². The van der Waals surface area contributed by atoms with Gasteiger partial charge in [0.25, 0.3) is 5.69 Å². The molecule has 0 unspecified atom stereocenters. The van der Waals surface area contributed by atoms with Crippen LogP contribution in [0.1, 0.15) is 19.4 Å². The molecule has 0 atom stereocenters. The van der Waals surface area contributed by atoms with E-state index in [2.05, 4.69) is 29.4 Å². The maximum absolute atomic E-state index is 11.3. The van der Waals surface area contributed by atoms with Crippen LogP contribution in [0.15, 0.2) is 33.5 Å². The monoisotopic (exact) mass is 380 g/mol. The Bertz CT molecular complexity index is 805. The molecule has 0 bridgehead atoms. The number of aromatic nitrogens is 2. The molecule has 2 rings (SSSR count). The van der Waals surface area contributed by atoms with Crippen LogP contribution in [0, 0.1) is 16.0 Å². The zero-order valence-electron chi connectivity index (χ0n) is 13.5. The molecule has 2 aromatic rings. The number of anilines is 1. The number of hydrogen-bond donors (Lipinski definition) is 2. The van der Waals surface area contributed by atoms with E-state index in [1.54, 1.807) is 12.1 Å². The highest BCUT2D eigenvalue weighted by Crippen LogP contribution is 2.37. The highest BCUT2D eigenvalue weighted by molar-refractivity contribution is 8.01. The summed E-state index contributed by atoms with van der Waals surface area (Å²) in [7, 11) is 0. The number of hydrogen-bond acceptors (Lipinski definition) is 8. The summed E-state index contributed by atoms with van der Waals surface area (Å²) in [5.74, 6) is -0.649. The summed E-state index contributed by atoms with van der Waals surface area (Å²) in [5.41, 5.74) is 0.333. The number of nitro benzene ring substituents is 1. The first-order valence-corrected chi connectivity index (χ1v) is 8.93. The number of aliphatic carboxylic acids is 1. The second kappa shape index (κ2) is 8.58. The Kier molecular flexibility index (Phi) is 6.48. The molecule has 0 saturated carbocycles. The first-order valence-electron chi connectivity index (χ1n) is 7.30. The van der Waals surface area contributed by atoms with Crippen molar-refractivity contribution in [3.8, 4) is 0 Å². The Labute approximate surface area is 152 Å². The molecule has 0 radical (unpaired) electrons. The molecule has 0 spiro atoms. The maximum Gasteiger partial charge on any atom is 0.328 e. The molecule has 2 N–H and O–H groups in total. The van der Waals surface area contributed by atoms with Crippen molar-refractivity contribution in [1.82, 2.24) is 10.2 Å². The normalized spacial score (nSPS) is 11.2. The molecule has 8 nitrogen and oxygen atoms in total. The lowest BCUT2D eigenvalue weighted by Crippen LogP contribution is -2.07. The van der Waals surface area contributed by atoms with E-state index in [0.29, 0.717) is 25.8 Å². The summed E-state index contributed by atoms with van der Waals surface area (Å²) >= 11 is 2.48. The predicted octanol–water partition coefficient (Wildman–Crippen LogP) is 3.76. The van der Waals surface area contributed by atoms with Crippen LogP contribution in [0.25, 0.3) is 6.08 Å². The molecular weight excluding hydrogens is 364 g/mol. The number of carboxylic acid groups (broad SMARTS) is 1. The van der Waals surface area contributed by atoms with Crippen molar-refractivity contribution in [1.29, 1.82) is 0 Å². The molecule has 0 aliphatic carbocycles. The number of nitrogens with one attached hydrogen (secondary N) is 1. The van der Waals surface area contributed by atoms with E-state index in [1.807, 2.05) is 0 Å². The fourth-order valence-corrected chi connectivity index (χ4v) is 3.54. The van der Waals surface area contributed by atoms with Gasteiger partial charge in [0.15, 0.2) is 4.34 Å². The lowest BCUT2D eigenvalue weighted by atomic mass is 10.2. The molecule has 0 fully saturated rings. The highest BCUT2D eigenvalue weighted by atomic mass is 32.2. The maximum atomic E-state index is 11.3. The van der Waals surface area contributed by atoms with E-state index in [-0.39, 0.29) is 5.69 Å². The van der Waals surface area contributed by atoms with Gasteiger partial charge >= 0.3 is 5.97 Å². The third-order valence-corrected chi connectivity index (χ3v) is 4.86. The van der Waals surface area contributed by atoms with Crippen LogP contribution in [-0.4, -0.2) is 32.7 Å². The number of carbonyl (C=O) groups is 1. The second-order valence-corrected chi connectivity index (χ2v) is 7.67. The van der Waals surface area contributed by atoms with Crippen molar-refractivity contribution in [3.05, 3.63) is 40.0 Å². The average molecular weight is 380 g/mol. The van der Waals surface area contributed by atoms with Crippen LogP contribution >= 0.6 is 23.1 Å². The Morgan fingerprint density at radius 3 is 2.88 bits per heavy atom. The number of carboxylic acids is 1. The van der Waals surface area contributed by atoms with Gasteiger partial charge in [0.05, 0.1) is 9.82 Å². The van der Waals surface area contributed by atoms with Gasteiger partial charge in [-0.25, -0.2) is 4.79 Å². The van der Waals surface area contributed by atoms with Gasteiger partial charge in [0, 0.05) is 18.7 Å². The van der Waals surface area contributed by atoms with Crippen molar-refractivity contribution in [2.45, 2.75) is 23.1 Å². The summed E-state index contributed by atoms with van der Waals surface area (Å²) in [5, 5.41) is 31.8. The topological polar surface area (TPSA) is 118 Å². The van der Waals surface area contributed by atoms with Gasteiger partial charge in [-0.3, -0.25) is 10.1 Å². The van der Waals surface area contributed by atoms with Gasteiger partial charge in [0.2, 0.25) is 5.13 Å². The SMILES string of the molecule is CC(C)CNc1nnc(Sc2ccc(/C=C/C(=O)O)cc2[N+](=O)[O-])s1. The predicted molar refractivity (Wildman–Crippen MR) is 97.1 cm³/mol. The first kappa shape index (κ1) is 18.9. The fraction of sp³-hybridized carbons (Fsp3) is 0.267. The van der Waals surface area contributed by atoms with Gasteiger partial charge < -0.3 is 10.4 Å². The molecule has 1 aromatic carbocycles. The summed E-state index contributed by atoms with van der Waals surface area (Å²) in [6, 6.07) is 4.53. The van der Waals surface area contributed by atoms with Crippen LogP contribution in [0.3, 0.4) is 0 Å². The molecule has 10 heteroatoms. The number of nitro groups is 1. The minimum Gasteiger partial charge on any atom is -0.478 e. The second-order valence-electron chi connectivity index (χ2n) is 5.41. The van der Waals surface area contributed by atoms with Crippen LogP contribution in [0.4, 0.5) is 10.8 Å². The first-order chi connectivity index (χ1) is 11.8. The number of rotatable bonds is 8. The zero-order chi connectivity index (χ0) is 18.4. The summed E-state index contributed by atoms with van der Waals surface area (Å²) in [4.78, 5) is 21.8. The van der Waals surface area contributed by atoms with E-state index >= 15 is 0 Å². The van der Waals surface area contributed by atoms with Gasteiger partial charge in [-0.1, -0.05) is 31.3 Å². The largest absolute Gasteiger partial charge is 0.478 e. The molecule has 25 heavy (non-hydrogen) atoms. The molecule has 132 valence electrons. The summed E-state index contributed by atoms with van der Waals surface area (Å²) in [6.45, 7) is 4.92. The minimum atomic E-state index is -1.11. The molecule has 1 aromatic heterocycles. The van der Waals surface area contributed by atoms with Crippen LogP contribution in [0.5, 0.6) is 0 Å². The third kappa shape index (κ3) is 5.84. The highest BCUT2D eigenvalue weighted by Gasteiger charge is 2.17. The standard InChI is InChI=1S/C15H16N4O4S2/c1-9(2)8-16-14-17-18-15(25-14)24-12-5-3-10(4-6-13(20)21)7-11(12)19(22)23/h3-7,9H,8H2,1-2H3,(H,16,17)(H,20,21)/b6-4+. The van der Waals surface area contributed by atoms with Gasteiger partial charge in [0.1, 0.15) is 0 Å². The quantitative estimate of drug-likeness (QED) is 0.404. The lowest BCUT2D eigenvalue weighted by Gasteiger charge is -2.03. The van der Waals surface area contributed by atoms with E-state index in [0.717, 1.165) is 24.4 Å². The number of nitrogens with zero attached hydrogens (tertiary/aromatic N) is 3. The van der Waals surface area contributed by atoms with E-state index in [4.69, 9.17) is 5.11 Å². The van der Waals surface area contributed by atoms with Crippen molar-refractivity contribution >= 4 is 46.0 Å². The Balaban J connectivity index is 2.18. The molecular formula is C15H16N4O4S2. The molecule has 0 aliphatic heterocycles. The van der Waals surface area contributed by atoms with Gasteiger partial charge in [-0.05, 0) is 35.4 Å². The Morgan fingerprint density at radius 1 is 1.48 bits per heavy atom. The Morgan fingerprint density at radius 2 is 2.24 bits per heavy atom. The van der Waals surface area contributed by atoms with E-state index < -0.39 is 10.9 Å². The van der Waals surface area contributed by atoms with Crippen molar-refractivity contribution < 1.29 is 14.8 Å². The molecule has 0 aliphatic rings. The van der Waals surface area contributed by atoms with Crippen LogP contribution < -0.4 is 5.32 Å². The van der Waals surface area contributed by atoms with Crippen molar-refractivity contribution in [2.24, 2.45) is 5.92 Å². The third-order valence-electron chi connectivity index (χ3n) is 2.86. The lowest BCUT2D eigenvalue weighted by molar-refractivity contribution is -0.387. The van der Waals surface area contributed by atoms with E-state index in [9.17, 15) is 14.9 Å². The van der Waals surface area contributed by atoms with Crippen LogP contribution in [-0.2, 0) is 4.79 Å². The van der Waals surface area contributed by atoms with Crippen LogP contribution in [0.2, 0.25) is 0 Å². The summed E-state index contributed by atoms with van der Waals surface area (Å²) < 4.78 is 0.586. The van der Waals surface area contributed by atoms with Gasteiger partial charge in [-0.2, -0.15) is 0 Å². The fourth-order valence-electron chi connectivity index (χ4n) is 1.74. The minimum absolute atomic E-state index is 0.107.